The first-order valence-corrected chi connectivity index (χ1v) is 7.76. The lowest BCUT2D eigenvalue weighted by Gasteiger charge is -2.25. The van der Waals surface area contributed by atoms with E-state index < -0.39 is 0 Å². The highest BCUT2D eigenvalue weighted by molar-refractivity contribution is 9.10. The Hall–Kier alpha value is -0.380. The van der Waals surface area contributed by atoms with Crippen molar-refractivity contribution in [2.75, 3.05) is 19.6 Å². The number of nitrogens with one attached hydrogen (secondary N) is 1. The summed E-state index contributed by atoms with van der Waals surface area (Å²) in [6, 6.07) is 10.0. The molecule has 0 saturated carbocycles. The van der Waals surface area contributed by atoms with Gasteiger partial charge in [0, 0.05) is 29.6 Å². The molecule has 2 heterocycles. The molecule has 2 saturated heterocycles. The Morgan fingerprint density at radius 2 is 2.06 bits per heavy atom. The van der Waals surface area contributed by atoms with Crippen LogP contribution in [0.15, 0.2) is 28.7 Å². The van der Waals surface area contributed by atoms with Crippen molar-refractivity contribution in [1.82, 2.24) is 10.2 Å². The maximum Gasteiger partial charge on any atom is 0.0320 e. The van der Waals surface area contributed by atoms with Gasteiger partial charge < -0.3 is 5.32 Å². The molecular formula is C15H21BrN2. The van der Waals surface area contributed by atoms with Crippen molar-refractivity contribution < 1.29 is 0 Å². The maximum absolute atomic E-state index is 3.68. The van der Waals surface area contributed by atoms with Crippen LogP contribution in [-0.4, -0.2) is 30.6 Å². The average Bonchev–Trinajstić information content (AvgIpc) is 2.82. The Bertz CT molecular complexity index is 389. The van der Waals surface area contributed by atoms with Gasteiger partial charge in [-0.2, -0.15) is 0 Å². The lowest BCUT2D eigenvalue weighted by Crippen LogP contribution is -2.40. The first-order valence-electron chi connectivity index (χ1n) is 6.97. The molecule has 18 heavy (non-hydrogen) atoms. The molecule has 1 N–H and O–H groups in total. The van der Waals surface area contributed by atoms with E-state index in [1.54, 1.807) is 0 Å². The minimum atomic E-state index is 0.533. The van der Waals surface area contributed by atoms with Gasteiger partial charge in [0.05, 0.1) is 0 Å². The molecule has 0 bridgehead atoms. The highest BCUT2D eigenvalue weighted by Crippen LogP contribution is 2.31. The number of likely N-dealkylation sites (tertiary alicyclic amines) is 1. The van der Waals surface area contributed by atoms with E-state index in [-0.39, 0.29) is 0 Å². The second kappa shape index (κ2) is 5.32. The van der Waals surface area contributed by atoms with Gasteiger partial charge in [-0.1, -0.05) is 28.1 Å². The molecule has 2 aliphatic heterocycles. The summed E-state index contributed by atoms with van der Waals surface area (Å²) in [5.41, 5.74) is 1.43. The second-order valence-electron chi connectivity index (χ2n) is 5.64. The Labute approximate surface area is 118 Å². The van der Waals surface area contributed by atoms with Crippen LogP contribution in [0.2, 0.25) is 0 Å². The molecular weight excluding hydrogens is 288 g/mol. The Morgan fingerprint density at radius 3 is 2.78 bits per heavy atom. The van der Waals surface area contributed by atoms with Gasteiger partial charge in [-0.3, -0.25) is 4.90 Å². The molecule has 2 nitrogen and oxygen atoms in total. The third-order valence-corrected chi connectivity index (χ3v) is 5.06. The van der Waals surface area contributed by atoms with Crippen LogP contribution >= 0.6 is 15.9 Å². The number of hydrogen-bond acceptors (Lipinski definition) is 2. The van der Waals surface area contributed by atoms with Crippen LogP contribution in [0.4, 0.5) is 0 Å². The number of rotatable bonds is 2. The first kappa shape index (κ1) is 12.6. The quantitative estimate of drug-likeness (QED) is 0.902. The van der Waals surface area contributed by atoms with E-state index in [9.17, 15) is 0 Å². The van der Waals surface area contributed by atoms with Crippen LogP contribution in [-0.2, 0) is 0 Å². The zero-order valence-electron chi connectivity index (χ0n) is 10.9. The summed E-state index contributed by atoms with van der Waals surface area (Å²) < 4.78 is 1.16. The van der Waals surface area contributed by atoms with Crippen LogP contribution in [0.1, 0.15) is 31.4 Å². The molecule has 1 aromatic rings. The van der Waals surface area contributed by atoms with Crippen LogP contribution in [0, 0.1) is 5.92 Å². The third-order valence-electron chi connectivity index (χ3n) is 4.53. The van der Waals surface area contributed by atoms with Gasteiger partial charge in [-0.25, -0.2) is 0 Å². The van der Waals surface area contributed by atoms with Crippen molar-refractivity contribution >= 4 is 15.9 Å². The van der Waals surface area contributed by atoms with Gasteiger partial charge in [0.1, 0.15) is 0 Å². The summed E-state index contributed by atoms with van der Waals surface area (Å²) in [7, 11) is 0. The van der Waals surface area contributed by atoms with E-state index in [4.69, 9.17) is 0 Å². The van der Waals surface area contributed by atoms with Crippen molar-refractivity contribution in [3.8, 4) is 0 Å². The Morgan fingerprint density at radius 1 is 1.28 bits per heavy atom. The van der Waals surface area contributed by atoms with Gasteiger partial charge in [-0.05, 0) is 49.9 Å². The SMILES string of the molecule is CC(c1ccc(Br)cc1)N1CC2CCCNC2C1. The van der Waals surface area contributed by atoms with Crippen LogP contribution < -0.4 is 5.32 Å². The number of benzene rings is 1. The molecule has 98 valence electrons. The van der Waals surface area contributed by atoms with Gasteiger partial charge in [0.2, 0.25) is 0 Å². The van der Waals surface area contributed by atoms with Crippen molar-refractivity contribution in [3.05, 3.63) is 34.3 Å². The smallest absolute Gasteiger partial charge is 0.0320 e. The molecule has 0 aromatic heterocycles. The van der Waals surface area contributed by atoms with Crippen molar-refractivity contribution in [2.24, 2.45) is 5.92 Å². The molecule has 0 spiro atoms. The fraction of sp³-hybridized carbons (Fsp3) is 0.600. The minimum absolute atomic E-state index is 0.533. The minimum Gasteiger partial charge on any atom is -0.312 e. The normalized spacial score (nSPS) is 30.1. The Balaban J connectivity index is 1.70. The molecule has 1 aromatic carbocycles. The monoisotopic (exact) mass is 308 g/mol. The lowest BCUT2D eigenvalue weighted by molar-refractivity contribution is 0.251. The highest BCUT2D eigenvalue weighted by Gasteiger charge is 2.36. The third kappa shape index (κ3) is 2.49. The van der Waals surface area contributed by atoms with E-state index in [0.29, 0.717) is 6.04 Å². The molecule has 0 amide bonds. The molecule has 2 fully saturated rings. The number of nitrogens with zero attached hydrogens (tertiary/aromatic N) is 1. The van der Waals surface area contributed by atoms with E-state index in [1.807, 2.05) is 0 Å². The van der Waals surface area contributed by atoms with E-state index in [0.717, 1.165) is 16.4 Å². The largest absolute Gasteiger partial charge is 0.312 e. The number of piperidine rings is 1. The zero-order chi connectivity index (χ0) is 12.5. The van der Waals surface area contributed by atoms with Crippen LogP contribution in [0.5, 0.6) is 0 Å². The molecule has 2 aliphatic rings. The second-order valence-corrected chi connectivity index (χ2v) is 6.56. The van der Waals surface area contributed by atoms with Gasteiger partial charge in [-0.15, -0.1) is 0 Å². The summed E-state index contributed by atoms with van der Waals surface area (Å²) in [6.07, 6.45) is 2.75. The fourth-order valence-electron chi connectivity index (χ4n) is 3.35. The maximum atomic E-state index is 3.68. The summed E-state index contributed by atoms with van der Waals surface area (Å²) in [6.45, 7) is 6.01. The van der Waals surface area contributed by atoms with Crippen molar-refractivity contribution in [1.29, 1.82) is 0 Å². The topological polar surface area (TPSA) is 15.3 Å². The predicted octanol–water partition coefficient (Wildman–Crippen LogP) is 3.19. The fourth-order valence-corrected chi connectivity index (χ4v) is 3.61. The zero-order valence-corrected chi connectivity index (χ0v) is 12.5. The average molecular weight is 309 g/mol. The molecule has 3 atom stereocenters. The van der Waals surface area contributed by atoms with Crippen molar-refractivity contribution in [3.63, 3.8) is 0 Å². The summed E-state index contributed by atoms with van der Waals surface area (Å²) in [5, 5.41) is 3.68. The molecule has 0 radical (unpaired) electrons. The molecule has 3 unspecified atom stereocenters. The Kier molecular flexibility index (Phi) is 3.73. The number of halogens is 1. The van der Waals surface area contributed by atoms with Gasteiger partial charge >= 0.3 is 0 Å². The summed E-state index contributed by atoms with van der Waals surface area (Å²) in [5.74, 6) is 0.872. The molecule has 0 aliphatic carbocycles. The van der Waals surface area contributed by atoms with E-state index >= 15 is 0 Å². The summed E-state index contributed by atoms with van der Waals surface area (Å²) in [4.78, 5) is 2.64. The molecule has 3 heteroatoms. The standard InChI is InChI=1S/C15H21BrN2/c1-11(12-4-6-14(16)7-5-12)18-9-13-3-2-8-17-15(13)10-18/h4-7,11,13,15,17H,2-3,8-10H2,1H3. The van der Waals surface area contributed by atoms with Crippen LogP contribution in [0.3, 0.4) is 0 Å². The highest BCUT2D eigenvalue weighted by atomic mass is 79.9. The first-order chi connectivity index (χ1) is 8.74. The van der Waals surface area contributed by atoms with Gasteiger partial charge in [0.25, 0.3) is 0 Å². The summed E-state index contributed by atoms with van der Waals surface area (Å²) >= 11 is 3.50. The number of hydrogen-bond donors (Lipinski definition) is 1. The number of fused-ring (bicyclic) bond motifs is 1. The lowest BCUT2D eigenvalue weighted by atomic mass is 9.94. The van der Waals surface area contributed by atoms with E-state index in [2.05, 4.69) is 57.3 Å². The van der Waals surface area contributed by atoms with Crippen molar-refractivity contribution in [2.45, 2.75) is 31.8 Å². The molecule has 3 rings (SSSR count). The van der Waals surface area contributed by atoms with Crippen LogP contribution in [0.25, 0.3) is 0 Å². The predicted molar refractivity (Wildman–Crippen MR) is 78.6 cm³/mol. The van der Waals surface area contributed by atoms with E-state index in [1.165, 1.54) is 38.0 Å². The van der Waals surface area contributed by atoms with Gasteiger partial charge in [0.15, 0.2) is 0 Å².